The topological polar surface area (TPSA) is 35.5 Å². The van der Waals surface area contributed by atoms with Gasteiger partial charge in [0.1, 0.15) is 6.61 Å². The Morgan fingerprint density at radius 3 is 2.56 bits per heavy atom. The predicted molar refractivity (Wildman–Crippen MR) is 64.2 cm³/mol. The Hall–Kier alpha value is -1.07. The Labute approximate surface area is 96.3 Å². The molecule has 0 bridgehead atoms. The first-order valence-corrected chi connectivity index (χ1v) is 6.78. The van der Waals surface area contributed by atoms with Gasteiger partial charge in [0.2, 0.25) is 0 Å². The minimum atomic E-state index is -3.10. The molecule has 0 saturated carbocycles. The van der Waals surface area contributed by atoms with Crippen molar-refractivity contribution in [3.8, 4) is 12.3 Å². The number of terminal acetylenes is 1. The lowest BCUT2D eigenvalue weighted by Gasteiger charge is -2.16. The van der Waals surface area contributed by atoms with E-state index in [1.54, 1.807) is 6.92 Å². The van der Waals surface area contributed by atoms with Gasteiger partial charge in [0, 0.05) is 0 Å². The Morgan fingerprint density at radius 2 is 2.00 bits per heavy atom. The summed E-state index contributed by atoms with van der Waals surface area (Å²) in [5, 5.41) is 0. The van der Waals surface area contributed by atoms with Crippen molar-refractivity contribution in [2.45, 2.75) is 13.1 Å². The van der Waals surface area contributed by atoms with Crippen molar-refractivity contribution in [2.75, 3.05) is 13.2 Å². The number of benzene rings is 1. The zero-order chi connectivity index (χ0) is 11.9. The zero-order valence-electron chi connectivity index (χ0n) is 9.26. The molecule has 1 rings (SSSR count). The molecule has 1 aromatic carbocycles. The van der Waals surface area contributed by atoms with E-state index in [9.17, 15) is 4.57 Å². The lowest BCUT2D eigenvalue weighted by molar-refractivity contribution is 0.229. The molecule has 0 aliphatic heterocycles. The van der Waals surface area contributed by atoms with Gasteiger partial charge in [-0.2, -0.15) is 0 Å². The lowest BCUT2D eigenvalue weighted by atomic mass is 10.2. The SMILES string of the molecule is C#CCOP(=O)(Cc1ccccc1)OCC. The molecule has 0 radical (unpaired) electrons. The highest BCUT2D eigenvalue weighted by Crippen LogP contribution is 2.51. The largest absolute Gasteiger partial charge is 0.335 e. The van der Waals surface area contributed by atoms with Crippen LogP contribution < -0.4 is 0 Å². The van der Waals surface area contributed by atoms with Crippen LogP contribution in [0.5, 0.6) is 0 Å². The molecule has 1 aromatic rings. The van der Waals surface area contributed by atoms with E-state index in [1.165, 1.54) is 0 Å². The van der Waals surface area contributed by atoms with Gasteiger partial charge in [0.05, 0.1) is 12.8 Å². The van der Waals surface area contributed by atoms with Gasteiger partial charge in [0.15, 0.2) is 0 Å². The summed E-state index contributed by atoms with van der Waals surface area (Å²) in [6, 6.07) is 9.42. The van der Waals surface area contributed by atoms with E-state index in [1.807, 2.05) is 30.3 Å². The third-order valence-corrected chi connectivity index (χ3v) is 3.82. The lowest BCUT2D eigenvalue weighted by Crippen LogP contribution is -1.99. The van der Waals surface area contributed by atoms with Crippen molar-refractivity contribution in [2.24, 2.45) is 0 Å². The maximum absolute atomic E-state index is 12.2. The molecule has 0 amide bonds. The van der Waals surface area contributed by atoms with Crippen molar-refractivity contribution in [3.63, 3.8) is 0 Å². The van der Waals surface area contributed by atoms with Crippen LogP contribution in [0, 0.1) is 12.3 Å². The first kappa shape index (κ1) is 13.0. The highest BCUT2D eigenvalue weighted by atomic mass is 31.2. The first-order chi connectivity index (χ1) is 7.70. The average Bonchev–Trinajstić information content (AvgIpc) is 2.28. The van der Waals surface area contributed by atoms with Gasteiger partial charge in [-0.1, -0.05) is 36.3 Å². The molecule has 0 N–H and O–H groups in total. The van der Waals surface area contributed by atoms with Gasteiger partial charge >= 0.3 is 7.60 Å². The van der Waals surface area contributed by atoms with Crippen LogP contribution in [0.4, 0.5) is 0 Å². The van der Waals surface area contributed by atoms with Crippen molar-refractivity contribution in [3.05, 3.63) is 35.9 Å². The monoisotopic (exact) mass is 238 g/mol. The molecule has 0 spiro atoms. The fourth-order valence-electron chi connectivity index (χ4n) is 1.27. The third-order valence-electron chi connectivity index (χ3n) is 1.89. The third kappa shape index (κ3) is 4.20. The molecule has 0 aliphatic rings. The zero-order valence-corrected chi connectivity index (χ0v) is 10.2. The number of rotatable bonds is 6. The molecule has 3 nitrogen and oxygen atoms in total. The summed E-state index contributed by atoms with van der Waals surface area (Å²) in [4.78, 5) is 0. The molecule has 0 aliphatic carbocycles. The van der Waals surface area contributed by atoms with Gasteiger partial charge in [0.25, 0.3) is 0 Å². The molecular formula is C12H15O3P. The van der Waals surface area contributed by atoms with Crippen molar-refractivity contribution in [1.82, 2.24) is 0 Å². The standard InChI is InChI=1S/C12H15O3P/c1-3-10-15-16(13,14-4-2)11-12-8-6-5-7-9-12/h1,5-9H,4,10-11H2,2H3. The van der Waals surface area contributed by atoms with Gasteiger partial charge in [-0.15, -0.1) is 6.42 Å². The number of hydrogen-bond acceptors (Lipinski definition) is 3. The van der Waals surface area contributed by atoms with E-state index in [-0.39, 0.29) is 12.8 Å². The van der Waals surface area contributed by atoms with Gasteiger partial charge in [-0.05, 0) is 12.5 Å². The molecule has 86 valence electrons. The molecule has 1 unspecified atom stereocenters. The van der Waals surface area contributed by atoms with Crippen LogP contribution in [0.3, 0.4) is 0 Å². The second-order valence-corrected chi connectivity index (χ2v) is 5.20. The fourth-order valence-corrected chi connectivity index (χ4v) is 2.85. The van der Waals surface area contributed by atoms with Crippen LogP contribution in [0.2, 0.25) is 0 Å². The summed E-state index contributed by atoms with van der Waals surface area (Å²) in [7, 11) is -3.10. The normalized spacial score (nSPS) is 14.0. The van der Waals surface area contributed by atoms with Gasteiger partial charge < -0.3 is 4.52 Å². The number of hydrogen-bond donors (Lipinski definition) is 0. The van der Waals surface area contributed by atoms with Crippen LogP contribution in [0.25, 0.3) is 0 Å². The Balaban J connectivity index is 2.71. The van der Waals surface area contributed by atoms with Crippen LogP contribution in [-0.4, -0.2) is 13.2 Å². The van der Waals surface area contributed by atoms with E-state index in [2.05, 4.69) is 5.92 Å². The first-order valence-electron chi connectivity index (χ1n) is 5.05. The molecule has 0 fully saturated rings. The minimum Gasteiger partial charge on any atom is -0.309 e. The molecule has 4 heteroatoms. The van der Waals surface area contributed by atoms with E-state index in [4.69, 9.17) is 15.5 Å². The van der Waals surface area contributed by atoms with Gasteiger partial charge in [-0.25, -0.2) is 0 Å². The van der Waals surface area contributed by atoms with Crippen molar-refractivity contribution in [1.29, 1.82) is 0 Å². The van der Waals surface area contributed by atoms with Crippen LogP contribution in [0.15, 0.2) is 30.3 Å². The van der Waals surface area contributed by atoms with Crippen LogP contribution >= 0.6 is 7.60 Å². The Kier molecular flexibility index (Phi) is 5.28. The van der Waals surface area contributed by atoms with E-state index < -0.39 is 7.60 Å². The van der Waals surface area contributed by atoms with E-state index >= 15 is 0 Å². The summed E-state index contributed by atoms with van der Waals surface area (Å²) in [6.45, 7) is 2.12. The predicted octanol–water partition coefficient (Wildman–Crippen LogP) is 3.07. The molecule has 16 heavy (non-hydrogen) atoms. The Bertz CT molecular complexity index is 394. The second kappa shape index (κ2) is 6.50. The molecular weight excluding hydrogens is 223 g/mol. The van der Waals surface area contributed by atoms with E-state index in [0.717, 1.165) is 5.56 Å². The highest BCUT2D eigenvalue weighted by molar-refractivity contribution is 7.53. The molecule has 0 heterocycles. The van der Waals surface area contributed by atoms with Crippen molar-refractivity contribution < 1.29 is 13.6 Å². The summed E-state index contributed by atoms with van der Waals surface area (Å²) in [6.07, 6.45) is 5.33. The minimum absolute atomic E-state index is 0.00408. The van der Waals surface area contributed by atoms with Crippen LogP contribution in [-0.2, 0) is 19.8 Å². The summed E-state index contributed by atoms with van der Waals surface area (Å²) >= 11 is 0. The quantitative estimate of drug-likeness (QED) is 0.564. The molecule has 1 atom stereocenters. The highest BCUT2D eigenvalue weighted by Gasteiger charge is 2.24. The Morgan fingerprint density at radius 1 is 1.31 bits per heavy atom. The summed E-state index contributed by atoms with van der Waals surface area (Å²) in [5.41, 5.74) is 0.913. The van der Waals surface area contributed by atoms with Crippen molar-refractivity contribution >= 4 is 7.60 Å². The average molecular weight is 238 g/mol. The fraction of sp³-hybridized carbons (Fsp3) is 0.333. The van der Waals surface area contributed by atoms with E-state index in [0.29, 0.717) is 6.61 Å². The van der Waals surface area contributed by atoms with Crippen LogP contribution in [0.1, 0.15) is 12.5 Å². The summed E-state index contributed by atoms with van der Waals surface area (Å²) < 4.78 is 22.5. The second-order valence-electron chi connectivity index (χ2n) is 3.15. The van der Waals surface area contributed by atoms with Gasteiger partial charge in [-0.3, -0.25) is 9.09 Å². The molecule has 0 aromatic heterocycles. The maximum Gasteiger partial charge on any atom is 0.335 e. The molecule has 0 saturated heterocycles. The summed E-state index contributed by atoms with van der Waals surface area (Å²) in [5.74, 6) is 2.29. The maximum atomic E-state index is 12.2. The smallest absolute Gasteiger partial charge is 0.309 e.